The Kier molecular flexibility index (Phi) is 5.43. The number of benzene rings is 2. The summed E-state index contributed by atoms with van der Waals surface area (Å²) in [6.07, 6.45) is 0. The summed E-state index contributed by atoms with van der Waals surface area (Å²) in [6, 6.07) is 14.3. The van der Waals surface area contributed by atoms with Crippen LogP contribution in [0.4, 0.5) is 5.69 Å². The van der Waals surface area contributed by atoms with Gasteiger partial charge in [-0.25, -0.2) is 0 Å². The van der Waals surface area contributed by atoms with Gasteiger partial charge in [0.1, 0.15) is 0 Å². The summed E-state index contributed by atoms with van der Waals surface area (Å²) in [5.74, 6) is 6.15. The van der Waals surface area contributed by atoms with Crippen molar-refractivity contribution in [3.8, 4) is 17.6 Å². The standard InChI is InChI=1S/C21H18N2O4/c1-14(24)23-17-10-8-15(9-11-17)5-4-12-22-21(25)19-13-16-6-3-7-18(26-2)20(16)27-19/h3,6-11,13H,12H2,1-2H3,(H,22,25)(H,23,24). The first-order chi connectivity index (χ1) is 13.1. The summed E-state index contributed by atoms with van der Waals surface area (Å²) in [5, 5.41) is 6.19. The predicted molar refractivity (Wildman–Crippen MR) is 103 cm³/mol. The van der Waals surface area contributed by atoms with Gasteiger partial charge in [0.2, 0.25) is 5.91 Å². The van der Waals surface area contributed by atoms with E-state index < -0.39 is 0 Å². The molecule has 6 heteroatoms. The Morgan fingerprint density at radius 1 is 1.15 bits per heavy atom. The van der Waals surface area contributed by atoms with E-state index in [0.29, 0.717) is 17.0 Å². The zero-order valence-corrected chi connectivity index (χ0v) is 15.0. The minimum absolute atomic E-state index is 0.125. The number of hydrogen-bond acceptors (Lipinski definition) is 4. The quantitative estimate of drug-likeness (QED) is 0.699. The van der Waals surface area contributed by atoms with Crippen molar-refractivity contribution in [2.45, 2.75) is 6.92 Å². The minimum atomic E-state index is -0.344. The fourth-order valence-electron chi connectivity index (χ4n) is 2.51. The summed E-state index contributed by atoms with van der Waals surface area (Å²) < 4.78 is 10.8. The highest BCUT2D eigenvalue weighted by Crippen LogP contribution is 2.28. The monoisotopic (exact) mass is 362 g/mol. The molecule has 0 saturated heterocycles. The number of carbonyl (C=O) groups is 2. The summed E-state index contributed by atoms with van der Waals surface area (Å²) in [6.45, 7) is 1.63. The number of amides is 2. The lowest BCUT2D eigenvalue weighted by molar-refractivity contribution is -0.114. The number of fused-ring (bicyclic) bond motifs is 1. The Morgan fingerprint density at radius 2 is 1.93 bits per heavy atom. The zero-order chi connectivity index (χ0) is 19.2. The molecule has 2 N–H and O–H groups in total. The third-order valence-electron chi connectivity index (χ3n) is 3.73. The van der Waals surface area contributed by atoms with Crippen molar-refractivity contribution in [3.63, 3.8) is 0 Å². The minimum Gasteiger partial charge on any atom is -0.493 e. The normalized spacial score (nSPS) is 10.0. The number of methoxy groups -OCH3 is 1. The Bertz CT molecular complexity index is 1040. The van der Waals surface area contributed by atoms with Crippen molar-refractivity contribution < 1.29 is 18.7 Å². The van der Waals surface area contributed by atoms with E-state index in [1.807, 2.05) is 12.1 Å². The zero-order valence-electron chi connectivity index (χ0n) is 15.0. The molecule has 3 rings (SSSR count). The Labute approximate surface area is 156 Å². The van der Waals surface area contributed by atoms with E-state index in [-0.39, 0.29) is 24.1 Å². The maximum Gasteiger partial charge on any atom is 0.287 e. The molecule has 0 radical (unpaired) electrons. The summed E-state index contributed by atoms with van der Waals surface area (Å²) >= 11 is 0. The number of anilines is 1. The third kappa shape index (κ3) is 4.47. The molecule has 3 aromatic rings. The van der Waals surface area contributed by atoms with Gasteiger partial charge in [0.25, 0.3) is 5.91 Å². The third-order valence-corrected chi connectivity index (χ3v) is 3.73. The second-order valence-corrected chi connectivity index (χ2v) is 5.73. The largest absolute Gasteiger partial charge is 0.493 e. The molecule has 6 nitrogen and oxygen atoms in total. The number of carbonyl (C=O) groups excluding carboxylic acids is 2. The van der Waals surface area contributed by atoms with Crippen molar-refractivity contribution in [3.05, 3.63) is 59.9 Å². The highest BCUT2D eigenvalue weighted by Gasteiger charge is 2.13. The number of nitrogens with one attached hydrogen (secondary N) is 2. The van der Waals surface area contributed by atoms with E-state index in [1.165, 1.54) is 6.92 Å². The predicted octanol–water partition coefficient (Wildman–Crippen LogP) is 3.18. The van der Waals surface area contributed by atoms with Gasteiger partial charge in [0, 0.05) is 23.6 Å². The smallest absolute Gasteiger partial charge is 0.287 e. The van der Waals surface area contributed by atoms with E-state index >= 15 is 0 Å². The first-order valence-corrected chi connectivity index (χ1v) is 8.28. The number of furan rings is 1. The molecule has 0 atom stereocenters. The molecule has 1 heterocycles. The van der Waals surface area contributed by atoms with Crippen LogP contribution in [0.15, 0.2) is 52.9 Å². The van der Waals surface area contributed by atoms with E-state index in [9.17, 15) is 9.59 Å². The summed E-state index contributed by atoms with van der Waals surface area (Å²) in [4.78, 5) is 23.2. The highest BCUT2D eigenvalue weighted by atomic mass is 16.5. The van der Waals surface area contributed by atoms with Gasteiger partial charge >= 0.3 is 0 Å². The van der Waals surface area contributed by atoms with Gasteiger partial charge < -0.3 is 19.8 Å². The molecular formula is C21H18N2O4. The summed E-state index contributed by atoms with van der Waals surface area (Å²) in [7, 11) is 1.55. The molecule has 0 bridgehead atoms. The molecule has 0 unspecified atom stereocenters. The molecule has 0 saturated carbocycles. The average Bonchev–Trinajstić information content (AvgIpc) is 3.10. The number of para-hydroxylation sites is 1. The Balaban J connectivity index is 1.60. The van der Waals surface area contributed by atoms with Crippen LogP contribution in [-0.2, 0) is 4.79 Å². The van der Waals surface area contributed by atoms with Gasteiger partial charge in [0.05, 0.1) is 13.7 Å². The van der Waals surface area contributed by atoms with Crippen LogP contribution in [0.5, 0.6) is 5.75 Å². The SMILES string of the molecule is COc1cccc2cc(C(=O)NCC#Cc3ccc(NC(C)=O)cc3)oc12. The van der Waals surface area contributed by atoms with E-state index in [4.69, 9.17) is 9.15 Å². The first-order valence-electron chi connectivity index (χ1n) is 8.28. The van der Waals surface area contributed by atoms with Crippen molar-refractivity contribution in [2.24, 2.45) is 0 Å². The maximum atomic E-state index is 12.2. The molecule has 2 amide bonds. The molecule has 27 heavy (non-hydrogen) atoms. The van der Waals surface area contributed by atoms with Crippen LogP contribution in [0.1, 0.15) is 23.0 Å². The van der Waals surface area contributed by atoms with E-state index in [2.05, 4.69) is 22.5 Å². The van der Waals surface area contributed by atoms with Crippen LogP contribution >= 0.6 is 0 Å². The van der Waals surface area contributed by atoms with Gasteiger partial charge in [-0.05, 0) is 36.4 Å². The number of rotatable bonds is 4. The van der Waals surface area contributed by atoms with Gasteiger partial charge in [-0.1, -0.05) is 24.0 Å². The Morgan fingerprint density at radius 3 is 2.63 bits per heavy atom. The fraction of sp³-hybridized carbons (Fsp3) is 0.143. The lowest BCUT2D eigenvalue weighted by atomic mass is 10.2. The molecule has 0 fully saturated rings. The first kappa shape index (κ1) is 18.1. The molecule has 0 spiro atoms. The van der Waals surface area contributed by atoms with E-state index in [0.717, 1.165) is 10.9 Å². The van der Waals surface area contributed by atoms with Crippen molar-refractivity contribution in [1.82, 2.24) is 5.32 Å². The molecule has 2 aromatic carbocycles. The second kappa shape index (κ2) is 8.11. The Hall–Kier alpha value is -3.72. The average molecular weight is 362 g/mol. The van der Waals surface area contributed by atoms with Crippen molar-refractivity contribution >= 4 is 28.5 Å². The molecule has 1 aromatic heterocycles. The number of hydrogen-bond donors (Lipinski definition) is 2. The van der Waals surface area contributed by atoms with Crippen LogP contribution < -0.4 is 15.4 Å². The van der Waals surface area contributed by atoms with Crippen LogP contribution in [0, 0.1) is 11.8 Å². The molecule has 0 aliphatic heterocycles. The van der Waals surface area contributed by atoms with Gasteiger partial charge in [-0.15, -0.1) is 0 Å². The van der Waals surface area contributed by atoms with Crippen molar-refractivity contribution in [2.75, 3.05) is 19.0 Å². The lowest BCUT2D eigenvalue weighted by Gasteiger charge is -2.00. The fourth-order valence-corrected chi connectivity index (χ4v) is 2.51. The van der Waals surface area contributed by atoms with Gasteiger partial charge in [-0.3, -0.25) is 9.59 Å². The van der Waals surface area contributed by atoms with Crippen molar-refractivity contribution in [1.29, 1.82) is 0 Å². The molecule has 0 aliphatic rings. The molecule has 0 aliphatic carbocycles. The van der Waals surface area contributed by atoms with Crippen LogP contribution in [0.3, 0.4) is 0 Å². The second-order valence-electron chi connectivity index (χ2n) is 5.73. The van der Waals surface area contributed by atoms with Crippen LogP contribution in [0.25, 0.3) is 11.0 Å². The molecular weight excluding hydrogens is 344 g/mol. The van der Waals surface area contributed by atoms with Crippen LogP contribution in [0.2, 0.25) is 0 Å². The summed E-state index contributed by atoms with van der Waals surface area (Å²) in [5.41, 5.74) is 2.03. The van der Waals surface area contributed by atoms with Crippen LogP contribution in [-0.4, -0.2) is 25.5 Å². The maximum absolute atomic E-state index is 12.2. The van der Waals surface area contributed by atoms with Gasteiger partial charge in [0.15, 0.2) is 17.1 Å². The molecule has 136 valence electrons. The number of ether oxygens (including phenoxy) is 1. The lowest BCUT2D eigenvalue weighted by Crippen LogP contribution is -2.22. The highest BCUT2D eigenvalue weighted by molar-refractivity contribution is 5.97. The van der Waals surface area contributed by atoms with Gasteiger partial charge in [-0.2, -0.15) is 0 Å². The topological polar surface area (TPSA) is 80.6 Å². The van der Waals surface area contributed by atoms with E-state index in [1.54, 1.807) is 43.5 Å².